The van der Waals surface area contributed by atoms with Crippen molar-refractivity contribution in [3.8, 4) is 11.5 Å². The molecule has 0 bridgehead atoms. The fourth-order valence-corrected chi connectivity index (χ4v) is 3.72. The summed E-state index contributed by atoms with van der Waals surface area (Å²) in [6.45, 7) is 4.07. The van der Waals surface area contributed by atoms with Gasteiger partial charge in [0, 0.05) is 23.0 Å². The minimum absolute atomic E-state index is 0.0905. The predicted molar refractivity (Wildman–Crippen MR) is 124 cm³/mol. The Balaban J connectivity index is 1.77. The van der Waals surface area contributed by atoms with E-state index in [1.807, 2.05) is 86.7 Å². The van der Waals surface area contributed by atoms with Crippen molar-refractivity contribution in [3.05, 3.63) is 95.2 Å². The number of nitrogens with one attached hydrogen (secondary N) is 1. The van der Waals surface area contributed by atoms with Crippen molar-refractivity contribution in [2.75, 3.05) is 24.4 Å². The highest BCUT2D eigenvalue weighted by atomic mass is 16.5. The van der Waals surface area contributed by atoms with Gasteiger partial charge in [0.05, 0.1) is 20.3 Å². The van der Waals surface area contributed by atoms with E-state index in [0.717, 1.165) is 22.5 Å². The Kier molecular flexibility index (Phi) is 5.67. The van der Waals surface area contributed by atoms with E-state index < -0.39 is 0 Å². The first kappa shape index (κ1) is 20.5. The van der Waals surface area contributed by atoms with Gasteiger partial charge in [0.15, 0.2) is 0 Å². The first-order valence-electron chi connectivity index (χ1n) is 10.2. The van der Waals surface area contributed by atoms with Gasteiger partial charge < -0.3 is 14.8 Å². The maximum absolute atomic E-state index is 13.5. The van der Waals surface area contributed by atoms with Crippen molar-refractivity contribution < 1.29 is 14.3 Å². The molecule has 0 radical (unpaired) electrons. The van der Waals surface area contributed by atoms with Crippen LogP contribution in [0.4, 0.5) is 11.4 Å². The summed E-state index contributed by atoms with van der Waals surface area (Å²) in [7, 11) is 3.25. The fourth-order valence-electron chi connectivity index (χ4n) is 3.72. The molecule has 4 rings (SSSR count). The Morgan fingerprint density at radius 2 is 1.48 bits per heavy atom. The van der Waals surface area contributed by atoms with Crippen molar-refractivity contribution in [2.45, 2.75) is 19.9 Å². The maximum atomic E-state index is 13.5. The molecule has 1 amide bonds. The Bertz CT molecular complexity index is 1120. The van der Waals surface area contributed by atoms with Crippen molar-refractivity contribution in [1.29, 1.82) is 0 Å². The molecule has 0 unspecified atom stereocenters. The number of aryl methyl sites for hydroxylation is 2. The van der Waals surface area contributed by atoms with Crippen LogP contribution in [0.15, 0.2) is 78.5 Å². The van der Waals surface area contributed by atoms with Crippen LogP contribution in [-0.4, -0.2) is 20.1 Å². The molecule has 0 spiro atoms. The van der Waals surface area contributed by atoms with Crippen LogP contribution >= 0.6 is 0 Å². The summed E-state index contributed by atoms with van der Waals surface area (Å²) in [6.07, 6.45) is 1.95. The molecule has 0 aliphatic carbocycles. The van der Waals surface area contributed by atoms with E-state index in [1.54, 1.807) is 19.1 Å². The van der Waals surface area contributed by atoms with Crippen LogP contribution in [0.25, 0.3) is 0 Å². The second kappa shape index (κ2) is 8.56. The van der Waals surface area contributed by atoms with Gasteiger partial charge in [0.25, 0.3) is 5.91 Å². The normalized spacial score (nSPS) is 15.6. The van der Waals surface area contributed by atoms with Gasteiger partial charge in [-0.25, -0.2) is 0 Å². The largest absolute Gasteiger partial charge is 0.497 e. The lowest BCUT2D eigenvalue weighted by Gasteiger charge is -2.26. The molecule has 1 N–H and O–H groups in total. The number of anilines is 2. The van der Waals surface area contributed by atoms with Crippen LogP contribution in [0, 0.1) is 13.8 Å². The second-order valence-corrected chi connectivity index (χ2v) is 7.63. The summed E-state index contributed by atoms with van der Waals surface area (Å²) >= 11 is 0. The lowest BCUT2D eigenvalue weighted by molar-refractivity contribution is -0.114. The smallest absolute Gasteiger partial charge is 0.275 e. The molecule has 0 aromatic heterocycles. The Hall–Kier alpha value is -3.73. The summed E-state index contributed by atoms with van der Waals surface area (Å²) < 4.78 is 11.0. The zero-order chi connectivity index (χ0) is 22.0. The van der Waals surface area contributed by atoms with E-state index in [-0.39, 0.29) is 11.9 Å². The van der Waals surface area contributed by atoms with E-state index in [0.29, 0.717) is 17.2 Å². The third kappa shape index (κ3) is 4.12. The van der Waals surface area contributed by atoms with E-state index in [1.165, 1.54) is 5.56 Å². The molecule has 1 heterocycles. The Morgan fingerprint density at radius 1 is 0.839 bits per heavy atom. The van der Waals surface area contributed by atoms with Gasteiger partial charge in [0.1, 0.15) is 17.2 Å². The molecule has 158 valence electrons. The highest BCUT2D eigenvalue weighted by Crippen LogP contribution is 2.40. The zero-order valence-electron chi connectivity index (χ0n) is 18.2. The molecule has 1 aliphatic rings. The lowest BCUT2D eigenvalue weighted by atomic mass is 10.0. The predicted octanol–water partition coefficient (Wildman–Crippen LogP) is 5.40. The van der Waals surface area contributed by atoms with E-state index in [9.17, 15) is 4.79 Å². The Morgan fingerprint density at radius 3 is 2.10 bits per heavy atom. The van der Waals surface area contributed by atoms with Crippen molar-refractivity contribution in [2.24, 2.45) is 0 Å². The number of ether oxygens (including phenoxy) is 2. The molecule has 3 aromatic carbocycles. The van der Waals surface area contributed by atoms with Crippen LogP contribution < -0.4 is 19.7 Å². The molecule has 0 fully saturated rings. The maximum Gasteiger partial charge on any atom is 0.275 e. The number of carbonyl (C=O) groups excluding carboxylic acids is 1. The minimum Gasteiger partial charge on any atom is -0.497 e. The first-order valence-corrected chi connectivity index (χ1v) is 10.2. The van der Waals surface area contributed by atoms with Crippen LogP contribution in [0.3, 0.4) is 0 Å². The lowest BCUT2D eigenvalue weighted by Crippen LogP contribution is -2.31. The van der Waals surface area contributed by atoms with Crippen LogP contribution in [0.1, 0.15) is 22.7 Å². The number of carbonyl (C=O) groups is 1. The quantitative estimate of drug-likeness (QED) is 0.586. The van der Waals surface area contributed by atoms with Gasteiger partial charge >= 0.3 is 0 Å². The standard InChI is InChI=1S/C26H26N2O3/c1-17-5-9-19(10-6-17)27-23-16-24(22-14-13-21(30-3)15-25(22)31-4)28(26(23)29)20-11-7-18(2)8-12-20/h5-16,24,27H,1-4H3/t24-/m0/s1. The van der Waals surface area contributed by atoms with Crippen LogP contribution in [0.2, 0.25) is 0 Å². The molecule has 5 nitrogen and oxygen atoms in total. The van der Waals surface area contributed by atoms with Crippen LogP contribution in [-0.2, 0) is 4.79 Å². The van der Waals surface area contributed by atoms with Gasteiger partial charge in [-0.05, 0) is 56.3 Å². The van der Waals surface area contributed by atoms with Crippen molar-refractivity contribution >= 4 is 17.3 Å². The second-order valence-electron chi connectivity index (χ2n) is 7.63. The molecule has 0 saturated carbocycles. The molecule has 1 atom stereocenters. The summed E-state index contributed by atoms with van der Waals surface area (Å²) in [5.74, 6) is 1.28. The number of benzene rings is 3. The molecular formula is C26H26N2O3. The molecule has 31 heavy (non-hydrogen) atoms. The monoisotopic (exact) mass is 414 g/mol. The molecular weight excluding hydrogens is 388 g/mol. The van der Waals surface area contributed by atoms with Gasteiger partial charge in [-0.2, -0.15) is 0 Å². The number of nitrogens with zero attached hydrogens (tertiary/aromatic N) is 1. The molecule has 5 heteroatoms. The molecule has 1 aliphatic heterocycles. The van der Waals surface area contributed by atoms with E-state index in [4.69, 9.17) is 9.47 Å². The fraction of sp³-hybridized carbons (Fsp3) is 0.192. The highest BCUT2D eigenvalue weighted by Gasteiger charge is 2.36. The average molecular weight is 415 g/mol. The summed E-state index contributed by atoms with van der Waals surface area (Å²) in [5.41, 5.74) is 5.43. The van der Waals surface area contributed by atoms with E-state index >= 15 is 0 Å². The van der Waals surface area contributed by atoms with Gasteiger partial charge in [-0.15, -0.1) is 0 Å². The number of hydrogen-bond donors (Lipinski definition) is 1. The van der Waals surface area contributed by atoms with Crippen molar-refractivity contribution in [1.82, 2.24) is 0 Å². The number of rotatable bonds is 6. The third-order valence-corrected chi connectivity index (χ3v) is 5.45. The zero-order valence-corrected chi connectivity index (χ0v) is 18.2. The summed E-state index contributed by atoms with van der Waals surface area (Å²) in [5, 5.41) is 3.29. The van der Waals surface area contributed by atoms with Gasteiger partial charge in [0.2, 0.25) is 0 Å². The van der Waals surface area contributed by atoms with Gasteiger partial charge in [-0.1, -0.05) is 35.4 Å². The number of hydrogen-bond acceptors (Lipinski definition) is 4. The van der Waals surface area contributed by atoms with Crippen LogP contribution in [0.5, 0.6) is 11.5 Å². The molecule has 0 saturated heterocycles. The van der Waals surface area contributed by atoms with Crippen molar-refractivity contribution in [3.63, 3.8) is 0 Å². The SMILES string of the molecule is COc1ccc([C@@H]2C=C(Nc3ccc(C)cc3)C(=O)N2c2ccc(C)cc2)c(OC)c1. The third-order valence-electron chi connectivity index (χ3n) is 5.45. The molecule has 3 aromatic rings. The summed E-state index contributed by atoms with van der Waals surface area (Å²) in [6, 6.07) is 21.3. The van der Waals surface area contributed by atoms with Gasteiger partial charge in [-0.3, -0.25) is 9.69 Å². The highest BCUT2D eigenvalue weighted by molar-refractivity contribution is 6.11. The summed E-state index contributed by atoms with van der Waals surface area (Å²) in [4.78, 5) is 15.3. The minimum atomic E-state index is -0.316. The Labute approximate surface area is 182 Å². The number of amides is 1. The topological polar surface area (TPSA) is 50.8 Å². The first-order chi connectivity index (χ1) is 15.0. The average Bonchev–Trinajstić information content (AvgIpc) is 3.11. The van der Waals surface area contributed by atoms with E-state index in [2.05, 4.69) is 5.32 Å². The number of methoxy groups -OCH3 is 2.